The number of rotatable bonds is 6. The summed E-state index contributed by atoms with van der Waals surface area (Å²) in [5.41, 5.74) is 6.91. The minimum atomic E-state index is -0.0585. The number of ether oxygens (including phenoxy) is 1. The van der Waals surface area contributed by atoms with Crippen LogP contribution in [0.25, 0.3) is 10.9 Å². The molecule has 1 aromatic heterocycles. The molecule has 2 aromatic rings. The number of pyridine rings is 1. The third kappa shape index (κ3) is 3.12. The first-order valence-corrected chi connectivity index (χ1v) is 6.60. The molecule has 0 aliphatic carbocycles. The highest BCUT2D eigenvalue weighted by atomic mass is 16.5. The van der Waals surface area contributed by atoms with Gasteiger partial charge in [-0.2, -0.15) is 0 Å². The van der Waals surface area contributed by atoms with Crippen LogP contribution in [0, 0.1) is 0 Å². The summed E-state index contributed by atoms with van der Waals surface area (Å²) >= 11 is 0. The highest BCUT2D eigenvalue weighted by Crippen LogP contribution is 2.17. The Morgan fingerprint density at radius 3 is 2.85 bits per heavy atom. The highest BCUT2D eigenvalue weighted by Gasteiger charge is 2.17. The van der Waals surface area contributed by atoms with Gasteiger partial charge in [0, 0.05) is 38.3 Å². The van der Waals surface area contributed by atoms with Gasteiger partial charge in [-0.3, -0.25) is 9.78 Å². The van der Waals surface area contributed by atoms with Gasteiger partial charge in [-0.15, -0.1) is 0 Å². The minimum Gasteiger partial charge on any atom is -0.383 e. The predicted molar refractivity (Wildman–Crippen MR) is 78.6 cm³/mol. The molecule has 0 bridgehead atoms. The maximum Gasteiger partial charge on any atom is 0.256 e. The van der Waals surface area contributed by atoms with Gasteiger partial charge in [-0.25, -0.2) is 0 Å². The summed E-state index contributed by atoms with van der Waals surface area (Å²) in [4.78, 5) is 18.6. The van der Waals surface area contributed by atoms with Crippen LogP contribution in [0.2, 0.25) is 0 Å². The van der Waals surface area contributed by atoms with E-state index < -0.39 is 0 Å². The normalized spacial score (nSPS) is 10.7. The minimum absolute atomic E-state index is 0.0585. The first kappa shape index (κ1) is 14.4. The molecule has 0 spiro atoms. The van der Waals surface area contributed by atoms with Gasteiger partial charge >= 0.3 is 0 Å². The zero-order chi connectivity index (χ0) is 14.4. The Balaban J connectivity index is 2.33. The van der Waals surface area contributed by atoms with Crippen LogP contribution in [0.4, 0.5) is 0 Å². The number of aromatic nitrogens is 1. The van der Waals surface area contributed by atoms with E-state index in [0.717, 1.165) is 10.9 Å². The lowest BCUT2D eigenvalue weighted by atomic mass is 10.1. The van der Waals surface area contributed by atoms with Gasteiger partial charge < -0.3 is 15.4 Å². The van der Waals surface area contributed by atoms with Crippen LogP contribution in [0.1, 0.15) is 10.4 Å². The summed E-state index contributed by atoms with van der Waals surface area (Å²) in [7, 11) is 1.62. The second-order valence-electron chi connectivity index (χ2n) is 4.45. The fourth-order valence-electron chi connectivity index (χ4n) is 2.12. The summed E-state index contributed by atoms with van der Waals surface area (Å²) < 4.78 is 5.04. The number of benzene rings is 1. The van der Waals surface area contributed by atoms with E-state index in [4.69, 9.17) is 10.5 Å². The van der Waals surface area contributed by atoms with Crippen LogP contribution in [-0.4, -0.2) is 49.1 Å². The van der Waals surface area contributed by atoms with Crippen molar-refractivity contribution in [1.82, 2.24) is 9.88 Å². The van der Waals surface area contributed by atoms with E-state index in [2.05, 4.69) is 4.98 Å². The molecular formula is C15H19N3O2. The molecule has 0 saturated carbocycles. The van der Waals surface area contributed by atoms with Crippen LogP contribution in [0.3, 0.4) is 0 Å². The molecule has 0 aliphatic rings. The maximum atomic E-state index is 12.6. The zero-order valence-electron chi connectivity index (χ0n) is 11.6. The predicted octanol–water partition coefficient (Wildman–Crippen LogP) is 1.28. The van der Waals surface area contributed by atoms with Crippen molar-refractivity contribution in [2.45, 2.75) is 0 Å². The first-order chi connectivity index (χ1) is 9.77. The Morgan fingerprint density at radius 2 is 2.10 bits per heavy atom. The van der Waals surface area contributed by atoms with Crippen molar-refractivity contribution in [3.8, 4) is 0 Å². The monoisotopic (exact) mass is 273 g/mol. The molecule has 0 aliphatic heterocycles. The molecule has 5 heteroatoms. The fraction of sp³-hybridized carbons (Fsp3) is 0.333. The summed E-state index contributed by atoms with van der Waals surface area (Å²) in [5, 5.41) is 0.956. The molecule has 0 fully saturated rings. The zero-order valence-corrected chi connectivity index (χ0v) is 11.6. The molecular weight excluding hydrogens is 254 g/mol. The topological polar surface area (TPSA) is 68.5 Å². The number of hydrogen-bond acceptors (Lipinski definition) is 4. The highest BCUT2D eigenvalue weighted by molar-refractivity contribution is 6.05. The molecule has 0 saturated heterocycles. The molecule has 5 nitrogen and oxygen atoms in total. The molecule has 0 unspecified atom stereocenters. The largest absolute Gasteiger partial charge is 0.383 e. The van der Waals surface area contributed by atoms with Crippen LogP contribution in [-0.2, 0) is 4.74 Å². The number of nitrogens with zero attached hydrogens (tertiary/aromatic N) is 2. The second-order valence-corrected chi connectivity index (χ2v) is 4.45. The van der Waals surface area contributed by atoms with Gasteiger partial charge in [0.1, 0.15) is 0 Å². The van der Waals surface area contributed by atoms with E-state index in [-0.39, 0.29) is 5.91 Å². The van der Waals surface area contributed by atoms with Gasteiger partial charge in [-0.05, 0) is 12.1 Å². The molecule has 1 amide bonds. The van der Waals surface area contributed by atoms with Crippen molar-refractivity contribution in [1.29, 1.82) is 0 Å². The van der Waals surface area contributed by atoms with Gasteiger partial charge in [0.05, 0.1) is 17.7 Å². The molecule has 0 atom stereocenters. The van der Waals surface area contributed by atoms with Gasteiger partial charge in [-0.1, -0.05) is 18.2 Å². The molecule has 2 N–H and O–H groups in total. The number of para-hydroxylation sites is 1. The molecule has 2 rings (SSSR count). The number of nitrogens with two attached hydrogens (primary N) is 1. The Labute approximate surface area is 118 Å². The first-order valence-electron chi connectivity index (χ1n) is 6.60. The second kappa shape index (κ2) is 6.98. The smallest absolute Gasteiger partial charge is 0.256 e. The van der Waals surface area contributed by atoms with Crippen molar-refractivity contribution in [2.75, 3.05) is 33.4 Å². The van der Waals surface area contributed by atoms with E-state index in [1.54, 1.807) is 24.3 Å². The molecule has 20 heavy (non-hydrogen) atoms. The van der Waals surface area contributed by atoms with E-state index >= 15 is 0 Å². The molecule has 1 heterocycles. The standard InChI is InChI=1S/C15H19N3O2/c1-20-11-10-18(9-7-16)15(19)13-6-2-4-12-5-3-8-17-14(12)13/h2-6,8H,7,9-11,16H2,1H3. The number of amides is 1. The van der Waals surface area contributed by atoms with Crippen molar-refractivity contribution in [2.24, 2.45) is 5.73 Å². The average molecular weight is 273 g/mol. The SMILES string of the molecule is COCCN(CCN)C(=O)c1cccc2cccnc12. The van der Waals surface area contributed by atoms with Crippen LogP contribution in [0.15, 0.2) is 36.5 Å². The van der Waals surface area contributed by atoms with Crippen LogP contribution >= 0.6 is 0 Å². The lowest BCUT2D eigenvalue weighted by Crippen LogP contribution is -2.37. The van der Waals surface area contributed by atoms with E-state index in [1.807, 2.05) is 24.3 Å². The van der Waals surface area contributed by atoms with Crippen molar-refractivity contribution in [3.63, 3.8) is 0 Å². The quantitative estimate of drug-likeness (QED) is 0.861. The number of carbonyl (C=O) groups is 1. The van der Waals surface area contributed by atoms with E-state index in [9.17, 15) is 4.79 Å². The molecule has 1 aromatic carbocycles. The van der Waals surface area contributed by atoms with E-state index in [0.29, 0.717) is 31.8 Å². The Bertz CT molecular complexity index is 581. The Morgan fingerprint density at radius 1 is 1.30 bits per heavy atom. The van der Waals surface area contributed by atoms with E-state index in [1.165, 1.54) is 0 Å². The Kier molecular flexibility index (Phi) is 5.03. The van der Waals surface area contributed by atoms with Crippen molar-refractivity contribution >= 4 is 16.8 Å². The summed E-state index contributed by atoms with van der Waals surface area (Å²) in [6.45, 7) is 1.94. The lowest BCUT2D eigenvalue weighted by Gasteiger charge is -2.22. The fourth-order valence-corrected chi connectivity index (χ4v) is 2.12. The summed E-state index contributed by atoms with van der Waals surface area (Å²) in [5.74, 6) is -0.0585. The van der Waals surface area contributed by atoms with Crippen molar-refractivity contribution < 1.29 is 9.53 Å². The third-order valence-electron chi connectivity index (χ3n) is 3.11. The van der Waals surface area contributed by atoms with Gasteiger partial charge in [0.15, 0.2) is 0 Å². The maximum absolute atomic E-state index is 12.6. The third-order valence-corrected chi connectivity index (χ3v) is 3.11. The number of hydrogen-bond donors (Lipinski definition) is 1. The number of carbonyl (C=O) groups excluding carboxylic acids is 1. The summed E-state index contributed by atoms with van der Waals surface area (Å²) in [6.07, 6.45) is 1.70. The van der Waals surface area contributed by atoms with Gasteiger partial charge in [0.2, 0.25) is 0 Å². The van der Waals surface area contributed by atoms with Crippen LogP contribution in [0.5, 0.6) is 0 Å². The number of methoxy groups -OCH3 is 1. The lowest BCUT2D eigenvalue weighted by molar-refractivity contribution is 0.0703. The van der Waals surface area contributed by atoms with Crippen molar-refractivity contribution in [3.05, 3.63) is 42.1 Å². The van der Waals surface area contributed by atoms with Crippen LogP contribution < -0.4 is 5.73 Å². The molecule has 106 valence electrons. The average Bonchev–Trinajstić information content (AvgIpc) is 2.50. The van der Waals surface area contributed by atoms with Gasteiger partial charge in [0.25, 0.3) is 5.91 Å². The number of fused-ring (bicyclic) bond motifs is 1. The summed E-state index contributed by atoms with van der Waals surface area (Å²) in [6, 6.07) is 9.42. The Hall–Kier alpha value is -1.98. The molecule has 0 radical (unpaired) electrons.